The van der Waals surface area contributed by atoms with E-state index in [9.17, 15) is 5.11 Å². The van der Waals surface area contributed by atoms with Crippen LogP contribution in [0.15, 0.2) is 35.8 Å². The first-order valence-electron chi connectivity index (χ1n) is 6.91. The predicted octanol–water partition coefficient (Wildman–Crippen LogP) is 2.52. The fourth-order valence-electron chi connectivity index (χ4n) is 2.49. The number of hydrogen-bond donors (Lipinski definition) is 1. The van der Waals surface area contributed by atoms with E-state index >= 15 is 0 Å². The molecule has 0 aliphatic carbocycles. The molecule has 0 unspecified atom stereocenters. The van der Waals surface area contributed by atoms with Crippen molar-refractivity contribution in [3.05, 3.63) is 41.4 Å². The molecular formula is C15H19N3OS. The maximum Gasteiger partial charge on any atom is 0.185 e. The smallest absolute Gasteiger partial charge is 0.185 e. The molecule has 2 heterocycles. The van der Waals surface area contributed by atoms with Gasteiger partial charge in [0, 0.05) is 43.4 Å². The molecule has 1 aliphatic rings. The van der Waals surface area contributed by atoms with E-state index in [0.717, 1.165) is 36.9 Å². The Kier molecular flexibility index (Phi) is 3.89. The van der Waals surface area contributed by atoms with E-state index in [0.29, 0.717) is 0 Å². The van der Waals surface area contributed by atoms with E-state index < -0.39 is 6.10 Å². The third kappa shape index (κ3) is 2.78. The van der Waals surface area contributed by atoms with Crippen LogP contribution in [-0.2, 0) is 0 Å². The molecule has 106 valence electrons. The highest BCUT2D eigenvalue weighted by molar-refractivity contribution is 7.13. The number of aliphatic hydroxyl groups excluding tert-OH is 1. The Morgan fingerprint density at radius 3 is 2.30 bits per heavy atom. The molecule has 0 amide bonds. The highest BCUT2D eigenvalue weighted by Gasteiger charge is 2.18. The zero-order valence-corrected chi connectivity index (χ0v) is 12.4. The van der Waals surface area contributed by atoms with Crippen molar-refractivity contribution in [3.8, 4) is 0 Å². The molecule has 4 nitrogen and oxygen atoms in total. The molecule has 1 fully saturated rings. The van der Waals surface area contributed by atoms with Gasteiger partial charge in [-0.1, -0.05) is 12.1 Å². The van der Waals surface area contributed by atoms with Gasteiger partial charge in [-0.15, -0.1) is 11.3 Å². The van der Waals surface area contributed by atoms with Crippen LogP contribution in [-0.4, -0.2) is 36.3 Å². The molecule has 0 bridgehead atoms. The van der Waals surface area contributed by atoms with Crippen LogP contribution in [0.2, 0.25) is 0 Å². The van der Waals surface area contributed by atoms with Gasteiger partial charge in [0.05, 0.1) is 6.10 Å². The maximum atomic E-state index is 9.54. The second-order valence-corrected chi connectivity index (χ2v) is 5.93. The van der Waals surface area contributed by atoms with Gasteiger partial charge < -0.3 is 14.9 Å². The van der Waals surface area contributed by atoms with Crippen LogP contribution in [0.3, 0.4) is 0 Å². The van der Waals surface area contributed by atoms with Crippen molar-refractivity contribution in [2.75, 3.05) is 36.0 Å². The minimum absolute atomic E-state index is 0.397. The summed E-state index contributed by atoms with van der Waals surface area (Å²) in [5, 5.41) is 12.7. The van der Waals surface area contributed by atoms with Gasteiger partial charge in [-0.3, -0.25) is 0 Å². The van der Waals surface area contributed by atoms with Crippen LogP contribution in [0.25, 0.3) is 0 Å². The third-order valence-electron chi connectivity index (χ3n) is 3.71. The second-order valence-electron chi connectivity index (χ2n) is 5.06. The van der Waals surface area contributed by atoms with Crippen molar-refractivity contribution in [1.82, 2.24) is 4.98 Å². The number of benzene rings is 1. The third-order valence-corrected chi connectivity index (χ3v) is 4.54. The van der Waals surface area contributed by atoms with Crippen molar-refractivity contribution in [1.29, 1.82) is 0 Å². The lowest BCUT2D eigenvalue weighted by atomic mass is 10.1. The number of aromatic nitrogens is 1. The van der Waals surface area contributed by atoms with Crippen molar-refractivity contribution in [2.45, 2.75) is 13.0 Å². The largest absolute Gasteiger partial charge is 0.389 e. The van der Waals surface area contributed by atoms with E-state index in [2.05, 4.69) is 26.9 Å². The normalized spacial score (nSPS) is 17.3. The Morgan fingerprint density at radius 1 is 1.10 bits per heavy atom. The summed E-state index contributed by atoms with van der Waals surface area (Å²) in [6.07, 6.45) is 1.46. The maximum absolute atomic E-state index is 9.54. The first-order valence-corrected chi connectivity index (χ1v) is 7.79. The Labute approximate surface area is 123 Å². The molecule has 5 heteroatoms. The summed E-state index contributed by atoms with van der Waals surface area (Å²) in [6.45, 7) is 5.82. The van der Waals surface area contributed by atoms with Crippen LogP contribution in [0.5, 0.6) is 0 Å². The Morgan fingerprint density at radius 2 is 1.75 bits per heavy atom. The van der Waals surface area contributed by atoms with Crippen LogP contribution < -0.4 is 9.80 Å². The van der Waals surface area contributed by atoms with Gasteiger partial charge >= 0.3 is 0 Å². The lowest BCUT2D eigenvalue weighted by molar-refractivity contribution is 0.199. The predicted molar refractivity (Wildman–Crippen MR) is 83.6 cm³/mol. The quantitative estimate of drug-likeness (QED) is 0.942. The minimum atomic E-state index is -0.397. The van der Waals surface area contributed by atoms with E-state index in [1.807, 2.05) is 23.7 Å². The van der Waals surface area contributed by atoms with E-state index in [-0.39, 0.29) is 0 Å². The molecule has 0 spiro atoms. The Balaban J connectivity index is 1.63. The SMILES string of the molecule is C[C@@H](O)c1ccc(N2CCN(c3nccs3)CC2)cc1. The van der Waals surface area contributed by atoms with Gasteiger partial charge in [-0.2, -0.15) is 0 Å². The number of thiazole rings is 1. The summed E-state index contributed by atoms with van der Waals surface area (Å²) in [6, 6.07) is 8.21. The Bertz CT molecular complexity index is 531. The first-order chi connectivity index (χ1) is 9.74. The molecule has 2 aromatic rings. The lowest BCUT2D eigenvalue weighted by Crippen LogP contribution is -2.46. The molecule has 1 aromatic heterocycles. The standard InChI is InChI=1S/C15H19N3OS/c1-12(19)13-2-4-14(5-3-13)17-7-9-18(10-8-17)15-16-6-11-20-15/h2-6,11-12,19H,7-10H2,1H3/t12-/m1/s1. The van der Waals surface area contributed by atoms with Crippen LogP contribution in [0.1, 0.15) is 18.6 Å². The number of anilines is 2. The summed E-state index contributed by atoms with van der Waals surface area (Å²) >= 11 is 1.70. The monoisotopic (exact) mass is 289 g/mol. The summed E-state index contributed by atoms with van der Waals surface area (Å²) in [4.78, 5) is 9.09. The average molecular weight is 289 g/mol. The fraction of sp³-hybridized carbons (Fsp3) is 0.400. The average Bonchev–Trinajstić information content (AvgIpc) is 3.02. The lowest BCUT2D eigenvalue weighted by Gasteiger charge is -2.36. The number of hydrogen-bond acceptors (Lipinski definition) is 5. The van der Waals surface area contributed by atoms with Gasteiger partial charge in [-0.05, 0) is 24.6 Å². The first kappa shape index (κ1) is 13.4. The van der Waals surface area contributed by atoms with Gasteiger partial charge in [0.25, 0.3) is 0 Å². The molecule has 0 saturated carbocycles. The topological polar surface area (TPSA) is 39.6 Å². The van der Waals surface area contributed by atoms with Crippen molar-refractivity contribution in [3.63, 3.8) is 0 Å². The minimum Gasteiger partial charge on any atom is -0.389 e. The summed E-state index contributed by atoms with van der Waals surface area (Å²) < 4.78 is 0. The van der Waals surface area contributed by atoms with Crippen molar-refractivity contribution >= 4 is 22.2 Å². The molecule has 1 N–H and O–H groups in total. The number of nitrogens with zero attached hydrogens (tertiary/aromatic N) is 3. The summed E-state index contributed by atoms with van der Waals surface area (Å²) in [5.74, 6) is 0. The van der Waals surface area contributed by atoms with E-state index in [4.69, 9.17) is 0 Å². The molecule has 1 saturated heterocycles. The molecular weight excluding hydrogens is 270 g/mol. The van der Waals surface area contributed by atoms with Crippen molar-refractivity contribution < 1.29 is 5.11 Å². The Hall–Kier alpha value is -1.59. The van der Waals surface area contributed by atoms with E-state index in [1.165, 1.54) is 5.69 Å². The molecule has 1 aliphatic heterocycles. The van der Waals surface area contributed by atoms with Gasteiger partial charge in [0.1, 0.15) is 0 Å². The number of piperazine rings is 1. The highest BCUT2D eigenvalue weighted by atomic mass is 32.1. The van der Waals surface area contributed by atoms with Crippen LogP contribution in [0, 0.1) is 0 Å². The number of aliphatic hydroxyl groups is 1. The van der Waals surface area contributed by atoms with E-state index in [1.54, 1.807) is 18.3 Å². The zero-order chi connectivity index (χ0) is 13.9. The highest BCUT2D eigenvalue weighted by Crippen LogP contribution is 2.23. The van der Waals surface area contributed by atoms with Gasteiger partial charge in [-0.25, -0.2) is 4.98 Å². The number of rotatable bonds is 3. The molecule has 1 atom stereocenters. The summed E-state index contributed by atoms with van der Waals surface area (Å²) in [7, 11) is 0. The molecule has 3 rings (SSSR count). The molecule has 20 heavy (non-hydrogen) atoms. The second kappa shape index (κ2) is 5.81. The fourth-order valence-corrected chi connectivity index (χ4v) is 3.19. The van der Waals surface area contributed by atoms with Crippen molar-refractivity contribution in [2.24, 2.45) is 0 Å². The molecule has 1 aromatic carbocycles. The van der Waals surface area contributed by atoms with Crippen LogP contribution >= 0.6 is 11.3 Å². The summed E-state index contributed by atoms with van der Waals surface area (Å²) in [5.41, 5.74) is 2.20. The molecule has 0 radical (unpaired) electrons. The van der Waals surface area contributed by atoms with Gasteiger partial charge in [0.2, 0.25) is 0 Å². The van der Waals surface area contributed by atoms with Gasteiger partial charge in [0.15, 0.2) is 5.13 Å². The zero-order valence-electron chi connectivity index (χ0n) is 11.6. The van der Waals surface area contributed by atoms with Crippen LogP contribution in [0.4, 0.5) is 10.8 Å².